The van der Waals surface area contributed by atoms with Crippen molar-refractivity contribution in [2.45, 2.75) is 38.0 Å². The summed E-state index contributed by atoms with van der Waals surface area (Å²) in [5, 5.41) is 22.4. The van der Waals surface area contributed by atoms with Crippen LogP contribution in [0.3, 0.4) is 0 Å². The van der Waals surface area contributed by atoms with Gasteiger partial charge in [0.1, 0.15) is 5.82 Å². The van der Waals surface area contributed by atoms with Crippen molar-refractivity contribution in [3.8, 4) is 0 Å². The minimum Gasteiger partial charge on any atom is -0.408 e. The topological polar surface area (TPSA) is 109 Å². The number of hydrogen-bond acceptors (Lipinski definition) is 8. The maximum absolute atomic E-state index is 12.1. The normalized spacial score (nSPS) is 11.4. The van der Waals surface area contributed by atoms with Crippen LogP contribution in [0.25, 0.3) is 11.1 Å². The number of oxazole rings is 1. The number of fused-ring (bicyclic) bond motifs is 1. The highest BCUT2D eigenvalue weighted by Gasteiger charge is 2.15. The van der Waals surface area contributed by atoms with E-state index in [1.807, 2.05) is 13.0 Å². The van der Waals surface area contributed by atoms with Crippen LogP contribution in [0.1, 0.15) is 17.1 Å². The molecule has 0 fully saturated rings. The lowest BCUT2D eigenvalue weighted by Gasteiger charge is -2.07. The summed E-state index contributed by atoms with van der Waals surface area (Å²) in [6.07, 6.45) is 1.61. The van der Waals surface area contributed by atoms with Crippen molar-refractivity contribution in [1.29, 1.82) is 0 Å². The van der Waals surface area contributed by atoms with Gasteiger partial charge < -0.3 is 8.98 Å². The minimum atomic E-state index is -0.509. The molecule has 0 atom stereocenters. The van der Waals surface area contributed by atoms with Gasteiger partial charge in [-0.2, -0.15) is 0 Å². The molecule has 3 aromatic heterocycles. The van der Waals surface area contributed by atoms with E-state index in [0.29, 0.717) is 24.1 Å². The molecule has 0 bridgehead atoms. The summed E-state index contributed by atoms with van der Waals surface area (Å²) in [6.45, 7) is 3.16. The Balaban J connectivity index is 1.39. The van der Waals surface area contributed by atoms with Gasteiger partial charge in [0.25, 0.3) is 5.69 Å². The van der Waals surface area contributed by atoms with Crippen LogP contribution in [-0.4, -0.2) is 30.0 Å². The van der Waals surface area contributed by atoms with Crippen LogP contribution < -0.4 is 5.76 Å². The number of rotatable bonds is 9. The Bertz CT molecular complexity index is 1230. The molecule has 0 aliphatic heterocycles. The highest BCUT2D eigenvalue weighted by molar-refractivity contribution is 7.99. The predicted molar refractivity (Wildman–Crippen MR) is 115 cm³/mol. The second kappa shape index (κ2) is 8.84. The summed E-state index contributed by atoms with van der Waals surface area (Å²) in [5.74, 6) is 1.09. The van der Waals surface area contributed by atoms with Gasteiger partial charge in [-0.25, -0.2) is 4.79 Å². The van der Waals surface area contributed by atoms with E-state index in [1.54, 1.807) is 23.1 Å². The van der Waals surface area contributed by atoms with Gasteiger partial charge in [-0.1, -0.05) is 17.8 Å². The van der Waals surface area contributed by atoms with E-state index in [1.165, 1.54) is 27.6 Å². The molecule has 0 amide bonds. The van der Waals surface area contributed by atoms with Gasteiger partial charge in [0.15, 0.2) is 10.7 Å². The first-order chi connectivity index (χ1) is 14.5. The standard InChI is InChI=1S/C19H19N5O4S2/c1-13-20-21-18(22(13)9-7-15-4-2-10-29-15)30-11-3-8-23-16-12-14(24(26)27)5-6-17(16)28-19(23)25/h2,4-6,10,12H,3,7-9,11H2,1H3. The van der Waals surface area contributed by atoms with Gasteiger partial charge in [0, 0.05) is 35.9 Å². The molecular weight excluding hydrogens is 426 g/mol. The first-order valence-electron chi connectivity index (χ1n) is 9.35. The molecule has 0 radical (unpaired) electrons. The fourth-order valence-electron chi connectivity index (χ4n) is 3.16. The third-order valence-corrected chi connectivity index (χ3v) is 6.67. The second-order valence-corrected chi connectivity index (χ2v) is 8.74. The zero-order valence-corrected chi connectivity index (χ0v) is 17.8. The van der Waals surface area contributed by atoms with E-state index in [2.05, 4.69) is 26.2 Å². The Hall–Kier alpha value is -2.92. The molecule has 1 aromatic carbocycles. The van der Waals surface area contributed by atoms with Crippen molar-refractivity contribution in [1.82, 2.24) is 19.3 Å². The number of non-ortho nitro benzene ring substituents is 1. The molecule has 0 aliphatic rings. The average molecular weight is 446 g/mol. The van der Waals surface area contributed by atoms with Gasteiger partial charge in [0.2, 0.25) is 0 Å². The number of nitro benzene ring substituents is 1. The summed E-state index contributed by atoms with van der Waals surface area (Å²) in [7, 11) is 0. The van der Waals surface area contributed by atoms with E-state index < -0.39 is 10.7 Å². The van der Waals surface area contributed by atoms with Crippen LogP contribution in [0.5, 0.6) is 0 Å². The van der Waals surface area contributed by atoms with E-state index in [9.17, 15) is 14.9 Å². The number of nitrogens with zero attached hydrogens (tertiary/aromatic N) is 5. The highest BCUT2D eigenvalue weighted by atomic mass is 32.2. The summed E-state index contributed by atoms with van der Waals surface area (Å²) in [4.78, 5) is 24.0. The number of thioether (sulfide) groups is 1. The van der Waals surface area contributed by atoms with Gasteiger partial charge in [0.05, 0.1) is 10.4 Å². The summed E-state index contributed by atoms with van der Waals surface area (Å²) >= 11 is 3.32. The molecule has 0 aliphatic carbocycles. The number of hydrogen-bond donors (Lipinski definition) is 0. The van der Waals surface area contributed by atoms with Crippen LogP contribution in [0, 0.1) is 17.0 Å². The first-order valence-corrected chi connectivity index (χ1v) is 11.2. The molecule has 0 N–H and O–H groups in total. The number of benzene rings is 1. The molecule has 0 saturated heterocycles. The Morgan fingerprint density at radius 3 is 2.87 bits per heavy atom. The van der Waals surface area contributed by atoms with E-state index in [0.717, 1.165) is 29.7 Å². The van der Waals surface area contributed by atoms with Crippen LogP contribution in [0.15, 0.2) is 50.1 Å². The Morgan fingerprint density at radius 1 is 1.23 bits per heavy atom. The van der Waals surface area contributed by atoms with Crippen molar-refractivity contribution in [3.63, 3.8) is 0 Å². The SMILES string of the molecule is Cc1nnc(SCCCn2c(=O)oc3ccc([N+](=O)[O-])cc32)n1CCc1cccs1. The smallest absolute Gasteiger partial charge is 0.408 e. The molecule has 0 saturated carbocycles. The van der Waals surface area contributed by atoms with Gasteiger partial charge >= 0.3 is 5.76 Å². The van der Waals surface area contributed by atoms with Crippen LogP contribution >= 0.6 is 23.1 Å². The number of aromatic nitrogens is 4. The van der Waals surface area contributed by atoms with Gasteiger partial charge in [-0.15, -0.1) is 21.5 Å². The fraction of sp³-hybridized carbons (Fsp3) is 0.316. The maximum atomic E-state index is 12.1. The van der Waals surface area contributed by atoms with Crippen molar-refractivity contribution >= 4 is 39.9 Å². The lowest BCUT2D eigenvalue weighted by Crippen LogP contribution is -2.14. The molecule has 0 unspecified atom stereocenters. The molecule has 3 heterocycles. The quantitative estimate of drug-likeness (QED) is 0.166. The Kier molecular flexibility index (Phi) is 6.00. The molecule has 4 aromatic rings. The zero-order chi connectivity index (χ0) is 21.1. The van der Waals surface area contributed by atoms with E-state index >= 15 is 0 Å². The van der Waals surface area contributed by atoms with Gasteiger partial charge in [-0.3, -0.25) is 14.7 Å². The predicted octanol–water partition coefficient (Wildman–Crippen LogP) is 3.89. The number of aryl methyl sites for hydroxylation is 3. The van der Waals surface area contributed by atoms with E-state index in [4.69, 9.17) is 4.42 Å². The molecule has 9 nitrogen and oxygen atoms in total. The summed E-state index contributed by atoms with van der Waals surface area (Å²) in [6, 6.07) is 8.33. The van der Waals surface area contributed by atoms with Crippen LogP contribution in [0.4, 0.5) is 5.69 Å². The van der Waals surface area contributed by atoms with Crippen molar-refractivity contribution < 1.29 is 9.34 Å². The van der Waals surface area contributed by atoms with E-state index in [-0.39, 0.29) is 5.69 Å². The first kappa shape index (κ1) is 20.4. The Morgan fingerprint density at radius 2 is 2.10 bits per heavy atom. The number of thiophene rings is 1. The minimum absolute atomic E-state index is 0.0688. The average Bonchev–Trinajstić information content (AvgIpc) is 3.43. The van der Waals surface area contributed by atoms with Crippen LogP contribution in [0.2, 0.25) is 0 Å². The summed E-state index contributed by atoms with van der Waals surface area (Å²) < 4.78 is 8.74. The maximum Gasteiger partial charge on any atom is 0.419 e. The Labute approximate surface area is 179 Å². The molecule has 156 valence electrons. The van der Waals surface area contributed by atoms with Crippen molar-refractivity contribution in [2.24, 2.45) is 0 Å². The third-order valence-electron chi connectivity index (χ3n) is 4.68. The second-order valence-electron chi connectivity index (χ2n) is 6.64. The third kappa shape index (κ3) is 4.31. The molecular formula is C19H19N5O4S2. The molecule has 30 heavy (non-hydrogen) atoms. The number of nitro groups is 1. The van der Waals surface area contributed by atoms with Crippen LogP contribution in [-0.2, 0) is 19.5 Å². The molecule has 11 heteroatoms. The zero-order valence-electron chi connectivity index (χ0n) is 16.2. The largest absolute Gasteiger partial charge is 0.419 e. The lowest BCUT2D eigenvalue weighted by atomic mass is 10.3. The highest BCUT2D eigenvalue weighted by Crippen LogP contribution is 2.22. The van der Waals surface area contributed by atoms with Gasteiger partial charge in [-0.05, 0) is 37.3 Å². The summed E-state index contributed by atoms with van der Waals surface area (Å²) in [5.41, 5.74) is 0.720. The monoisotopic (exact) mass is 445 g/mol. The lowest BCUT2D eigenvalue weighted by molar-refractivity contribution is -0.384. The fourth-order valence-corrected chi connectivity index (χ4v) is 4.80. The van der Waals surface area contributed by atoms with Crippen molar-refractivity contribution in [3.05, 3.63) is 67.1 Å². The molecule has 0 spiro atoms. The molecule has 4 rings (SSSR count). The van der Waals surface area contributed by atoms with Crippen molar-refractivity contribution in [2.75, 3.05) is 5.75 Å².